The number of carbonyl (C=O) groups is 1. The quantitative estimate of drug-likeness (QED) is 0.392. The van der Waals surface area contributed by atoms with Crippen molar-refractivity contribution < 1.29 is 28.8 Å². The number of phenolic OH excluding ortho intramolecular Hbond substituents is 1. The summed E-state index contributed by atoms with van der Waals surface area (Å²) in [5, 5.41) is 10.2. The fourth-order valence-electron chi connectivity index (χ4n) is 4.28. The zero-order valence-electron chi connectivity index (χ0n) is 21.5. The fourth-order valence-corrected chi connectivity index (χ4v) is 5.78. The molecule has 0 aliphatic carbocycles. The molecule has 0 spiro atoms. The molecule has 0 fully saturated rings. The van der Waals surface area contributed by atoms with Gasteiger partial charge >= 0.3 is 5.97 Å². The Kier molecular flexibility index (Phi) is 8.27. The molecule has 1 aliphatic heterocycles. The molecule has 1 atom stereocenters. The molecule has 200 valence electrons. The van der Waals surface area contributed by atoms with Gasteiger partial charge in [0.05, 0.1) is 47.7 Å². The largest absolute Gasteiger partial charge is 0.503 e. The normalized spacial score (nSPS) is 15.1. The van der Waals surface area contributed by atoms with E-state index in [2.05, 4.69) is 20.9 Å². The highest BCUT2D eigenvalue weighted by molar-refractivity contribution is 9.10. The number of aromatic nitrogens is 1. The van der Waals surface area contributed by atoms with E-state index in [0.717, 1.165) is 0 Å². The zero-order chi connectivity index (χ0) is 27.6. The minimum Gasteiger partial charge on any atom is -0.503 e. The van der Waals surface area contributed by atoms with Crippen molar-refractivity contribution >= 4 is 39.3 Å². The van der Waals surface area contributed by atoms with Crippen LogP contribution in [0.1, 0.15) is 37.9 Å². The Morgan fingerprint density at radius 3 is 2.58 bits per heavy atom. The molecule has 0 bridgehead atoms. The molecule has 0 unspecified atom stereocenters. The lowest BCUT2D eigenvalue weighted by Crippen LogP contribution is -2.40. The number of carbonyl (C=O) groups excluding carboxylic acids is 1. The first-order valence-corrected chi connectivity index (χ1v) is 13.4. The second kappa shape index (κ2) is 11.4. The first-order chi connectivity index (χ1) is 18.2. The Balaban J connectivity index is 2.02. The topological polar surface area (TPSA) is 109 Å². The summed E-state index contributed by atoms with van der Waals surface area (Å²) in [5.41, 5.74) is 1.55. The molecule has 0 amide bonds. The number of allylic oxidation sites excluding steroid dienone is 1. The van der Waals surface area contributed by atoms with Crippen LogP contribution in [-0.4, -0.2) is 43.1 Å². The summed E-state index contributed by atoms with van der Waals surface area (Å²) in [6.07, 6.45) is 1.69. The van der Waals surface area contributed by atoms with E-state index in [4.69, 9.17) is 18.9 Å². The van der Waals surface area contributed by atoms with Crippen LogP contribution in [0.15, 0.2) is 55.9 Å². The van der Waals surface area contributed by atoms with Crippen LogP contribution >= 0.6 is 27.3 Å². The SMILES string of the molecule is CCOC(=O)C1=C(C)N=c2s/c(=C/c3cc(Br)c(O)c(OC)c3)c(=O)n2[C@H]1c1cccc(OC)c1OCC. The molecular formula is C27H27BrN2O7S. The number of methoxy groups -OCH3 is 2. The van der Waals surface area contributed by atoms with E-state index >= 15 is 0 Å². The molecular weight excluding hydrogens is 576 g/mol. The lowest BCUT2D eigenvalue weighted by molar-refractivity contribution is -0.139. The molecule has 3 aromatic rings. The van der Waals surface area contributed by atoms with Gasteiger partial charge in [0.1, 0.15) is 6.04 Å². The number of ether oxygens (including phenoxy) is 4. The van der Waals surface area contributed by atoms with Crippen LogP contribution < -0.4 is 29.1 Å². The minimum atomic E-state index is -0.856. The highest BCUT2D eigenvalue weighted by Gasteiger charge is 2.36. The summed E-state index contributed by atoms with van der Waals surface area (Å²) in [5.74, 6) is 0.563. The Bertz CT molecular complexity index is 1610. The molecule has 38 heavy (non-hydrogen) atoms. The molecule has 1 N–H and O–H groups in total. The number of hydrogen-bond acceptors (Lipinski definition) is 9. The number of aromatic hydroxyl groups is 1. The number of para-hydroxylation sites is 1. The molecule has 9 nitrogen and oxygen atoms in total. The average molecular weight is 603 g/mol. The van der Waals surface area contributed by atoms with Gasteiger partial charge in [-0.2, -0.15) is 0 Å². The number of phenols is 1. The predicted octanol–water partition coefficient (Wildman–Crippen LogP) is 3.68. The van der Waals surface area contributed by atoms with Crippen molar-refractivity contribution in [2.75, 3.05) is 27.4 Å². The Labute approximate surface area is 231 Å². The first-order valence-electron chi connectivity index (χ1n) is 11.8. The molecule has 2 heterocycles. The lowest BCUT2D eigenvalue weighted by Gasteiger charge is -2.26. The molecule has 2 aromatic carbocycles. The van der Waals surface area contributed by atoms with Crippen LogP contribution in [-0.2, 0) is 9.53 Å². The third-order valence-electron chi connectivity index (χ3n) is 5.90. The second-order valence-corrected chi connectivity index (χ2v) is 10.0. The van der Waals surface area contributed by atoms with Crippen molar-refractivity contribution in [3.63, 3.8) is 0 Å². The van der Waals surface area contributed by atoms with Gasteiger partial charge in [0.25, 0.3) is 5.56 Å². The molecule has 1 aromatic heterocycles. The Morgan fingerprint density at radius 1 is 1.18 bits per heavy atom. The third kappa shape index (κ3) is 4.95. The number of fused-ring (bicyclic) bond motifs is 1. The highest BCUT2D eigenvalue weighted by Crippen LogP contribution is 2.41. The van der Waals surface area contributed by atoms with Crippen molar-refractivity contribution in [2.24, 2.45) is 4.99 Å². The first kappa shape index (κ1) is 27.5. The molecule has 11 heteroatoms. The van der Waals surface area contributed by atoms with Gasteiger partial charge in [-0.3, -0.25) is 9.36 Å². The number of thiazole rings is 1. The van der Waals surface area contributed by atoms with Gasteiger partial charge in [-0.1, -0.05) is 23.5 Å². The van der Waals surface area contributed by atoms with Gasteiger partial charge in [-0.15, -0.1) is 0 Å². The van der Waals surface area contributed by atoms with Crippen LogP contribution in [0.2, 0.25) is 0 Å². The van der Waals surface area contributed by atoms with Crippen molar-refractivity contribution in [1.82, 2.24) is 4.57 Å². The van der Waals surface area contributed by atoms with E-state index in [0.29, 0.717) is 48.7 Å². The summed E-state index contributed by atoms with van der Waals surface area (Å²) in [6, 6.07) is 7.79. The maximum Gasteiger partial charge on any atom is 0.338 e. The zero-order valence-corrected chi connectivity index (χ0v) is 23.9. The smallest absolute Gasteiger partial charge is 0.338 e. The maximum atomic E-state index is 13.9. The summed E-state index contributed by atoms with van der Waals surface area (Å²) >= 11 is 4.51. The van der Waals surface area contributed by atoms with Crippen molar-refractivity contribution in [2.45, 2.75) is 26.8 Å². The number of esters is 1. The maximum absolute atomic E-state index is 13.9. The molecule has 4 rings (SSSR count). The van der Waals surface area contributed by atoms with Crippen LogP contribution in [0.25, 0.3) is 6.08 Å². The van der Waals surface area contributed by atoms with E-state index in [9.17, 15) is 14.7 Å². The summed E-state index contributed by atoms with van der Waals surface area (Å²) in [6.45, 7) is 5.81. The lowest BCUT2D eigenvalue weighted by atomic mass is 9.94. The predicted molar refractivity (Wildman–Crippen MR) is 147 cm³/mol. The molecule has 0 radical (unpaired) electrons. The fraction of sp³-hybridized carbons (Fsp3) is 0.296. The van der Waals surface area contributed by atoms with E-state index in [1.165, 1.54) is 30.1 Å². The van der Waals surface area contributed by atoms with E-state index < -0.39 is 12.0 Å². The standard InChI is InChI=1S/C27H27BrN2O7S/c1-6-36-24-16(9-8-10-18(24)34-4)22-21(26(33)37-7-2)14(3)29-27-30(22)25(32)20(38-27)13-15-11-17(28)23(31)19(12-15)35-5/h8-13,22,31H,6-7H2,1-5H3/b20-13+/t22-/m0/s1. The number of benzene rings is 2. The summed E-state index contributed by atoms with van der Waals surface area (Å²) < 4.78 is 24.4. The van der Waals surface area contributed by atoms with E-state index in [1.54, 1.807) is 50.3 Å². The summed E-state index contributed by atoms with van der Waals surface area (Å²) in [7, 11) is 2.98. The Hall–Kier alpha value is -3.57. The second-order valence-electron chi connectivity index (χ2n) is 8.17. The van der Waals surface area contributed by atoms with Crippen molar-refractivity contribution in [3.05, 3.63) is 76.9 Å². The Morgan fingerprint density at radius 2 is 1.92 bits per heavy atom. The highest BCUT2D eigenvalue weighted by atomic mass is 79.9. The number of nitrogens with zero attached hydrogens (tertiary/aromatic N) is 2. The van der Waals surface area contributed by atoms with Crippen molar-refractivity contribution in [3.8, 4) is 23.0 Å². The van der Waals surface area contributed by atoms with Gasteiger partial charge in [-0.25, -0.2) is 9.79 Å². The van der Waals surface area contributed by atoms with Crippen LogP contribution in [0.4, 0.5) is 0 Å². The monoisotopic (exact) mass is 602 g/mol. The third-order valence-corrected chi connectivity index (χ3v) is 7.49. The van der Waals surface area contributed by atoms with Crippen LogP contribution in [0, 0.1) is 0 Å². The van der Waals surface area contributed by atoms with Crippen LogP contribution in [0.5, 0.6) is 23.0 Å². The summed E-state index contributed by atoms with van der Waals surface area (Å²) in [4.78, 5) is 32.1. The van der Waals surface area contributed by atoms with Crippen LogP contribution in [0.3, 0.4) is 0 Å². The van der Waals surface area contributed by atoms with E-state index in [-0.39, 0.29) is 29.2 Å². The van der Waals surface area contributed by atoms with Gasteiger partial charge in [-0.05, 0) is 66.5 Å². The van der Waals surface area contributed by atoms with E-state index in [1.807, 2.05) is 6.92 Å². The minimum absolute atomic E-state index is 0.0395. The van der Waals surface area contributed by atoms with Gasteiger partial charge < -0.3 is 24.1 Å². The number of rotatable bonds is 8. The van der Waals surface area contributed by atoms with Gasteiger partial charge in [0.2, 0.25) is 0 Å². The average Bonchev–Trinajstić information content (AvgIpc) is 3.19. The molecule has 0 saturated heterocycles. The number of hydrogen-bond donors (Lipinski definition) is 1. The van der Waals surface area contributed by atoms with Gasteiger partial charge in [0.15, 0.2) is 27.8 Å². The molecule has 0 saturated carbocycles. The number of halogens is 1. The molecule has 1 aliphatic rings. The van der Waals surface area contributed by atoms with Crippen molar-refractivity contribution in [1.29, 1.82) is 0 Å². The van der Waals surface area contributed by atoms with Gasteiger partial charge in [0, 0.05) is 5.56 Å².